The van der Waals surface area contributed by atoms with Crippen LogP contribution in [0.1, 0.15) is 32.4 Å². The van der Waals surface area contributed by atoms with Crippen LogP contribution in [0.4, 0.5) is 11.5 Å². The lowest BCUT2D eigenvalue weighted by Crippen LogP contribution is -2.28. The SMILES string of the molecule is CCc1nn(C)c(NCC2(C)CCCS2)c1N. The molecule has 96 valence electrons. The summed E-state index contributed by atoms with van der Waals surface area (Å²) in [5, 5.41) is 7.89. The highest BCUT2D eigenvalue weighted by molar-refractivity contribution is 8.00. The Balaban J connectivity index is 2.06. The summed E-state index contributed by atoms with van der Waals surface area (Å²) in [5.41, 5.74) is 7.88. The van der Waals surface area contributed by atoms with E-state index in [2.05, 4.69) is 36.0 Å². The Morgan fingerprint density at radius 1 is 1.59 bits per heavy atom. The number of anilines is 2. The van der Waals surface area contributed by atoms with Gasteiger partial charge >= 0.3 is 0 Å². The molecule has 2 rings (SSSR count). The molecule has 0 saturated carbocycles. The standard InChI is InChI=1S/C12H22N4S/c1-4-9-10(13)11(16(3)15-9)14-8-12(2)6-5-7-17-12/h14H,4-8,13H2,1-3H3. The first-order chi connectivity index (χ1) is 8.06. The van der Waals surface area contributed by atoms with Gasteiger partial charge in [-0.3, -0.25) is 4.68 Å². The first-order valence-corrected chi connectivity index (χ1v) is 7.23. The Hall–Kier alpha value is -0.840. The maximum atomic E-state index is 6.09. The van der Waals surface area contributed by atoms with Crippen LogP contribution in [0.15, 0.2) is 0 Å². The minimum Gasteiger partial charge on any atom is -0.394 e. The van der Waals surface area contributed by atoms with Crippen molar-refractivity contribution in [2.45, 2.75) is 37.9 Å². The van der Waals surface area contributed by atoms with Gasteiger partial charge in [-0.25, -0.2) is 0 Å². The minimum absolute atomic E-state index is 0.350. The van der Waals surface area contributed by atoms with Gasteiger partial charge in [0.05, 0.1) is 11.4 Å². The molecule has 1 saturated heterocycles. The Kier molecular flexibility index (Phi) is 3.56. The second-order valence-electron chi connectivity index (χ2n) is 4.94. The van der Waals surface area contributed by atoms with Crippen LogP contribution in [0.25, 0.3) is 0 Å². The molecule has 4 nitrogen and oxygen atoms in total. The molecule has 0 aromatic carbocycles. The van der Waals surface area contributed by atoms with Crippen LogP contribution < -0.4 is 11.1 Å². The molecule has 0 bridgehead atoms. The second kappa shape index (κ2) is 4.80. The largest absolute Gasteiger partial charge is 0.394 e. The minimum atomic E-state index is 0.350. The topological polar surface area (TPSA) is 55.9 Å². The van der Waals surface area contributed by atoms with E-state index in [1.165, 1.54) is 18.6 Å². The summed E-state index contributed by atoms with van der Waals surface area (Å²) in [7, 11) is 1.95. The van der Waals surface area contributed by atoms with Crippen molar-refractivity contribution < 1.29 is 0 Å². The number of hydrogen-bond acceptors (Lipinski definition) is 4. The van der Waals surface area contributed by atoms with Crippen LogP contribution in [0.5, 0.6) is 0 Å². The van der Waals surface area contributed by atoms with E-state index in [4.69, 9.17) is 5.73 Å². The van der Waals surface area contributed by atoms with Gasteiger partial charge in [-0.15, -0.1) is 0 Å². The zero-order valence-electron chi connectivity index (χ0n) is 10.9. The highest BCUT2D eigenvalue weighted by atomic mass is 32.2. The molecule has 3 N–H and O–H groups in total. The number of nitrogen functional groups attached to an aromatic ring is 1. The predicted molar refractivity (Wildman–Crippen MR) is 75.6 cm³/mol. The van der Waals surface area contributed by atoms with Crippen molar-refractivity contribution in [2.75, 3.05) is 23.3 Å². The van der Waals surface area contributed by atoms with Gasteiger partial charge in [-0.05, 0) is 31.9 Å². The highest BCUT2D eigenvalue weighted by Crippen LogP contribution is 2.38. The summed E-state index contributed by atoms with van der Waals surface area (Å²) in [6, 6.07) is 0. The van der Waals surface area contributed by atoms with E-state index in [0.717, 1.165) is 30.2 Å². The number of aryl methyl sites for hydroxylation is 2. The Morgan fingerprint density at radius 2 is 2.35 bits per heavy atom. The Bertz CT molecular complexity index is 393. The van der Waals surface area contributed by atoms with E-state index < -0.39 is 0 Å². The molecule has 1 unspecified atom stereocenters. The molecule has 1 aliphatic heterocycles. The van der Waals surface area contributed by atoms with E-state index in [1.807, 2.05) is 11.7 Å². The first kappa shape index (κ1) is 12.6. The third kappa shape index (κ3) is 2.54. The van der Waals surface area contributed by atoms with Gasteiger partial charge in [0.2, 0.25) is 0 Å². The molecule has 2 heterocycles. The van der Waals surface area contributed by atoms with Crippen LogP contribution in [0.3, 0.4) is 0 Å². The van der Waals surface area contributed by atoms with Gasteiger partial charge in [-0.2, -0.15) is 16.9 Å². The fourth-order valence-electron chi connectivity index (χ4n) is 2.31. The fraction of sp³-hybridized carbons (Fsp3) is 0.750. The molecule has 1 aromatic rings. The lowest BCUT2D eigenvalue weighted by atomic mass is 10.1. The number of aromatic nitrogens is 2. The Morgan fingerprint density at radius 3 is 2.88 bits per heavy atom. The summed E-state index contributed by atoms with van der Waals surface area (Å²) >= 11 is 2.06. The first-order valence-electron chi connectivity index (χ1n) is 6.25. The molecule has 17 heavy (non-hydrogen) atoms. The molecular formula is C12H22N4S. The zero-order valence-corrected chi connectivity index (χ0v) is 11.7. The maximum Gasteiger partial charge on any atom is 0.147 e. The molecular weight excluding hydrogens is 232 g/mol. The molecule has 0 aliphatic carbocycles. The van der Waals surface area contributed by atoms with Gasteiger partial charge in [-0.1, -0.05) is 6.92 Å². The highest BCUT2D eigenvalue weighted by Gasteiger charge is 2.29. The predicted octanol–water partition coefficient (Wildman–Crippen LogP) is 2.26. The van der Waals surface area contributed by atoms with Crippen molar-refractivity contribution in [1.82, 2.24) is 9.78 Å². The Labute approximate surface area is 107 Å². The van der Waals surface area contributed by atoms with Crippen molar-refractivity contribution in [1.29, 1.82) is 0 Å². The van der Waals surface area contributed by atoms with Crippen molar-refractivity contribution in [2.24, 2.45) is 7.05 Å². The van der Waals surface area contributed by atoms with Gasteiger partial charge in [0.25, 0.3) is 0 Å². The lowest BCUT2D eigenvalue weighted by Gasteiger charge is -2.23. The van der Waals surface area contributed by atoms with E-state index in [-0.39, 0.29) is 0 Å². The number of nitrogens with two attached hydrogens (primary N) is 1. The summed E-state index contributed by atoms with van der Waals surface area (Å²) in [5.74, 6) is 2.25. The quantitative estimate of drug-likeness (QED) is 0.865. The van der Waals surface area contributed by atoms with E-state index in [9.17, 15) is 0 Å². The summed E-state index contributed by atoms with van der Waals surface area (Å²) in [6.07, 6.45) is 3.49. The third-order valence-corrected chi connectivity index (χ3v) is 4.96. The summed E-state index contributed by atoms with van der Waals surface area (Å²) in [4.78, 5) is 0. The number of rotatable bonds is 4. The van der Waals surface area contributed by atoms with Gasteiger partial charge in [0.1, 0.15) is 5.82 Å². The van der Waals surface area contributed by atoms with Crippen LogP contribution >= 0.6 is 11.8 Å². The van der Waals surface area contributed by atoms with Crippen molar-refractivity contribution in [3.05, 3.63) is 5.69 Å². The zero-order chi connectivity index (χ0) is 12.5. The average Bonchev–Trinajstić information content (AvgIpc) is 2.83. The van der Waals surface area contributed by atoms with Crippen LogP contribution in [0.2, 0.25) is 0 Å². The van der Waals surface area contributed by atoms with Crippen LogP contribution in [0, 0.1) is 0 Å². The fourth-order valence-corrected chi connectivity index (χ4v) is 3.56. The van der Waals surface area contributed by atoms with E-state index >= 15 is 0 Å². The van der Waals surface area contributed by atoms with Gasteiger partial charge < -0.3 is 11.1 Å². The maximum absolute atomic E-state index is 6.09. The molecule has 0 spiro atoms. The van der Waals surface area contributed by atoms with Gasteiger partial charge in [0.15, 0.2) is 0 Å². The normalized spacial score (nSPS) is 24.2. The molecule has 1 aromatic heterocycles. The van der Waals surface area contributed by atoms with Crippen molar-refractivity contribution in [3.63, 3.8) is 0 Å². The van der Waals surface area contributed by atoms with Crippen molar-refractivity contribution in [3.8, 4) is 0 Å². The van der Waals surface area contributed by atoms with Gasteiger partial charge in [0, 0.05) is 18.3 Å². The second-order valence-corrected chi connectivity index (χ2v) is 6.62. The van der Waals surface area contributed by atoms with E-state index in [1.54, 1.807) is 0 Å². The number of nitrogens with one attached hydrogen (secondary N) is 1. The molecule has 1 aliphatic rings. The summed E-state index contributed by atoms with van der Waals surface area (Å²) < 4.78 is 2.21. The molecule has 1 fully saturated rings. The molecule has 0 radical (unpaired) electrons. The summed E-state index contributed by atoms with van der Waals surface area (Å²) in [6.45, 7) is 5.37. The van der Waals surface area contributed by atoms with Crippen LogP contribution in [-0.4, -0.2) is 26.8 Å². The number of nitrogens with zero attached hydrogens (tertiary/aromatic N) is 2. The monoisotopic (exact) mass is 254 g/mol. The molecule has 5 heteroatoms. The van der Waals surface area contributed by atoms with E-state index in [0.29, 0.717) is 4.75 Å². The average molecular weight is 254 g/mol. The molecule has 0 amide bonds. The van der Waals surface area contributed by atoms with Crippen molar-refractivity contribution >= 4 is 23.3 Å². The number of thioether (sulfide) groups is 1. The number of hydrogen-bond donors (Lipinski definition) is 2. The lowest BCUT2D eigenvalue weighted by molar-refractivity contribution is 0.629. The smallest absolute Gasteiger partial charge is 0.147 e. The van der Waals surface area contributed by atoms with Crippen LogP contribution in [-0.2, 0) is 13.5 Å². The third-order valence-electron chi connectivity index (χ3n) is 3.43. The molecule has 1 atom stereocenters.